The third kappa shape index (κ3) is 11.3. The Bertz CT molecular complexity index is 248. The molecule has 0 aliphatic carbocycles. The summed E-state index contributed by atoms with van der Waals surface area (Å²) in [4.78, 5) is 22.8. The number of nitrogens with zero attached hydrogens (tertiary/aromatic N) is 1. The molecule has 7 nitrogen and oxygen atoms in total. The van der Waals surface area contributed by atoms with Crippen molar-refractivity contribution in [2.45, 2.75) is 12.8 Å². The normalized spacial score (nSPS) is 10.8. The molecule has 106 valence electrons. The number of nitrogens with one attached hydrogen (secondary N) is 2. The van der Waals surface area contributed by atoms with Crippen LogP contribution in [0.15, 0.2) is 0 Å². The van der Waals surface area contributed by atoms with Gasteiger partial charge >= 0.3 is 11.9 Å². The molecule has 0 aromatic carbocycles. The smallest absolute Gasteiger partial charge is 0.304 e. The molecular formula is C11H23N3O4. The first kappa shape index (κ1) is 16.8. The van der Waals surface area contributed by atoms with Gasteiger partial charge in [0.25, 0.3) is 0 Å². The van der Waals surface area contributed by atoms with Crippen molar-refractivity contribution in [1.29, 1.82) is 0 Å². The number of likely N-dealkylation sites (N-methyl/N-ethyl adjacent to an activating group) is 1. The van der Waals surface area contributed by atoms with Crippen molar-refractivity contribution in [1.82, 2.24) is 15.5 Å². The molecule has 0 spiro atoms. The lowest BCUT2D eigenvalue weighted by Gasteiger charge is -2.21. The van der Waals surface area contributed by atoms with E-state index in [4.69, 9.17) is 10.2 Å². The zero-order valence-corrected chi connectivity index (χ0v) is 10.8. The Morgan fingerprint density at radius 2 is 1.56 bits per heavy atom. The highest BCUT2D eigenvalue weighted by Gasteiger charge is 2.06. The summed E-state index contributed by atoms with van der Waals surface area (Å²) in [5, 5.41) is 23.1. The molecular weight excluding hydrogens is 238 g/mol. The minimum atomic E-state index is -0.819. The Kier molecular flexibility index (Phi) is 10.2. The molecule has 0 atom stereocenters. The van der Waals surface area contributed by atoms with Gasteiger partial charge in [0.15, 0.2) is 0 Å². The van der Waals surface area contributed by atoms with E-state index >= 15 is 0 Å². The van der Waals surface area contributed by atoms with Crippen LogP contribution in [0.2, 0.25) is 0 Å². The predicted molar refractivity (Wildman–Crippen MR) is 67.7 cm³/mol. The second-order valence-electron chi connectivity index (χ2n) is 3.98. The third-order valence-electron chi connectivity index (χ3n) is 2.44. The third-order valence-corrected chi connectivity index (χ3v) is 2.44. The molecule has 0 aromatic heterocycles. The first-order valence-corrected chi connectivity index (χ1v) is 6.07. The first-order valence-electron chi connectivity index (χ1n) is 6.07. The van der Waals surface area contributed by atoms with Crippen molar-refractivity contribution in [2.24, 2.45) is 0 Å². The average molecular weight is 261 g/mol. The lowest BCUT2D eigenvalue weighted by atomic mass is 10.3. The van der Waals surface area contributed by atoms with Gasteiger partial charge in [-0.2, -0.15) is 0 Å². The summed E-state index contributed by atoms with van der Waals surface area (Å²) in [5.74, 6) is -1.62. The quantitative estimate of drug-likeness (QED) is 0.336. The van der Waals surface area contributed by atoms with Gasteiger partial charge in [0.2, 0.25) is 0 Å². The molecule has 0 amide bonds. The van der Waals surface area contributed by atoms with Gasteiger partial charge in [-0.05, 0) is 7.05 Å². The van der Waals surface area contributed by atoms with Crippen LogP contribution in [0.3, 0.4) is 0 Å². The molecule has 0 saturated heterocycles. The van der Waals surface area contributed by atoms with E-state index in [0.717, 1.165) is 13.1 Å². The zero-order chi connectivity index (χ0) is 13.8. The fourth-order valence-corrected chi connectivity index (χ4v) is 1.42. The summed E-state index contributed by atoms with van der Waals surface area (Å²) in [6, 6.07) is 0. The van der Waals surface area contributed by atoms with Gasteiger partial charge in [-0.1, -0.05) is 0 Å². The van der Waals surface area contributed by atoms with E-state index in [-0.39, 0.29) is 12.8 Å². The van der Waals surface area contributed by atoms with Crippen molar-refractivity contribution in [3.8, 4) is 0 Å². The summed E-state index contributed by atoms with van der Waals surface area (Å²) in [5.41, 5.74) is 0. The summed E-state index contributed by atoms with van der Waals surface area (Å²) < 4.78 is 0. The minimum Gasteiger partial charge on any atom is -0.481 e. The summed E-state index contributed by atoms with van der Waals surface area (Å²) in [6.45, 7) is 3.91. The van der Waals surface area contributed by atoms with Crippen LogP contribution < -0.4 is 10.6 Å². The van der Waals surface area contributed by atoms with Crippen molar-refractivity contribution in [2.75, 3.05) is 46.3 Å². The van der Waals surface area contributed by atoms with E-state index in [2.05, 4.69) is 10.6 Å². The van der Waals surface area contributed by atoms with E-state index in [9.17, 15) is 9.59 Å². The Morgan fingerprint density at radius 3 is 2.11 bits per heavy atom. The van der Waals surface area contributed by atoms with Gasteiger partial charge in [-0.3, -0.25) is 9.59 Å². The molecule has 0 aliphatic heterocycles. The Labute approximate surface area is 107 Å². The van der Waals surface area contributed by atoms with Gasteiger partial charge in [0.05, 0.1) is 12.8 Å². The highest BCUT2D eigenvalue weighted by molar-refractivity contribution is 5.67. The van der Waals surface area contributed by atoms with Crippen LogP contribution in [-0.2, 0) is 9.59 Å². The van der Waals surface area contributed by atoms with E-state index in [1.807, 2.05) is 11.9 Å². The molecule has 0 unspecified atom stereocenters. The van der Waals surface area contributed by atoms with Crippen molar-refractivity contribution < 1.29 is 19.8 Å². The Morgan fingerprint density at radius 1 is 0.944 bits per heavy atom. The van der Waals surface area contributed by atoms with Gasteiger partial charge in [0, 0.05) is 39.3 Å². The molecule has 0 saturated carbocycles. The van der Waals surface area contributed by atoms with Gasteiger partial charge in [-0.25, -0.2) is 0 Å². The monoisotopic (exact) mass is 261 g/mol. The van der Waals surface area contributed by atoms with E-state index < -0.39 is 11.9 Å². The fraction of sp³-hybridized carbons (Fsp3) is 0.818. The number of rotatable bonds is 12. The summed E-state index contributed by atoms with van der Waals surface area (Å²) in [7, 11) is 1.85. The number of hydrogen-bond acceptors (Lipinski definition) is 5. The van der Waals surface area contributed by atoms with Crippen LogP contribution >= 0.6 is 0 Å². The highest BCUT2D eigenvalue weighted by Crippen LogP contribution is 1.91. The maximum Gasteiger partial charge on any atom is 0.304 e. The second-order valence-corrected chi connectivity index (χ2v) is 3.98. The standard InChI is InChI=1S/C11H23N3O4/c1-12-5-8-14(7-3-11(17)18)9-6-13-4-2-10(15)16/h12-13H,2-9H2,1H3,(H,15,16)(H,17,18). The molecule has 0 fully saturated rings. The van der Waals surface area contributed by atoms with E-state index in [1.165, 1.54) is 0 Å². The van der Waals surface area contributed by atoms with Crippen LogP contribution in [0.25, 0.3) is 0 Å². The number of hydrogen-bond donors (Lipinski definition) is 4. The van der Waals surface area contributed by atoms with E-state index in [0.29, 0.717) is 26.2 Å². The Hall–Kier alpha value is -1.18. The predicted octanol–water partition coefficient (Wildman–Crippen LogP) is -0.953. The SMILES string of the molecule is CNCCN(CCNCCC(=O)O)CCC(=O)O. The van der Waals surface area contributed by atoms with Crippen molar-refractivity contribution in [3.05, 3.63) is 0 Å². The Balaban J connectivity index is 3.70. The topological polar surface area (TPSA) is 102 Å². The maximum atomic E-state index is 10.5. The number of carboxylic acids is 2. The highest BCUT2D eigenvalue weighted by atomic mass is 16.4. The molecule has 0 aromatic rings. The number of carbonyl (C=O) groups is 2. The largest absolute Gasteiger partial charge is 0.481 e. The lowest BCUT2D eigenvalue weighted by Crippen LogP contribution is -2.38. The van der Waals surface area contributed by atoms with Crippen molar-refractivity contribution >= 4 is 11.9 Å². The van der Waals surface area contributed by atoms with E-state index in [1.54, 1.807) is 0 Å². The fourth-order valence-electron chi connectivity index (χ4n) is 1.42. The lowest BCUT2D eigenvalue weighted by molar-refractivity contribution is -0.138. The summed E-state index contributed by atoms with van der Waals surface area (Å²) >= 11 is 0. The maximum absolute atomic E-state index is 10.5. The molecule has 18 heavy (non-hydrogen) atoms. The van der Waals surface area contributed by atoms with Crippen LogP contribution in [0.5, 0.6) is 0 Å². The number of carboxylic acid groups (broad SMARTS) is 2. The molecule has 0 aliphatic rings. The van der Waals surface area contributed by atoms with Crippen LogP contribution in [-0.4, -0.2) is 73.4 Å². The van der Waals surface area contributed by atoms with Crippen LogP contribution in [0.4, 0.5) is 0 Å². The summed E-state index contributed by atoms with van der Waals surface area (Å²) in [6.07, 6.45) is 0.227. The first-order chi connectivity index (χ1) is 8.56. The van der Waals surface area contributed by atoms with Gasteiger partial charge in [-0.15, -0.1) is 0 Å². The molecule has 0 bridgehead atoms. The van der Waals surface area contributed by atoms with Gasteiger partial charge < -0.3 is 25.7 Å². The molecule has 0 rings (SSSR count). The molecule has 0 heterocycles. The van der Waals surface area contributed by atoms with Crippen molar-refractivity contribution in [3.63, 3.8) is 0 Å². The number of aliphatic carboxylic acids is 2. The molecule has 4 N–H and O–H groups in total. The molecule has 0 radical (unpaired) electrons. The zero-order valence-electron chi connectivity index (χ0n) is 10.8. The second kappa shape index (κ2) is 10.9. The minimum absolute atomic E-state index is 0.103. The van der Waals surface area contributed by atoms with Gasteiger partial charge in [0.1, 0.15) is 0 Å². The van der Waals surface area contributed by atoms with Crippen LogP contribution in [0.1, 0.15) is 12.8 Å². The molecule has 7 heteroatoms. The van der Waals surface area contributed by atoms with Crippen LogP contribution in [0, 0.1) is 0 Å². The average Bonchev–Trinajstić information content (AvgIpc) is 2.30.